The highest BCUT2D eigenvalue weighted by Gasteiger charge is 2.26. The number of rotatable bonds is 3. The summed E-state index contributed by atoms with van der Waals surface area (Å²) in [4.78, 5) is 7.22. The Balaban J connectivity index is 1.70. The second-order valence-corrected chi connectivity index (χ2v) is 6.92. The molecule has 0 aliphatic carbocycles. The Bertz CT molecular complexity index is 1170. The van der Waals surface area contributed by atoms with Gasteiger partial charge < -0.3 is 25.9 Å². The monoisotopic (exact) mass is 382 g/mol. The van der Waals surface area contributed by atoms with Crippen LogP contribution in [0.3, 0.4) is 0 Å². The molecule has 1 aliphatic heterocycles. The number of aromatic hydroxyl groups is 1. The van der Waals surface area contributed by atoms with Crippen molar-refractivity contribution in [2.24, 2.45) is 5.73 Å². The summed E-state index contributed by atoms with van der Waals surface area (Å²) >= 11 is 0. The number of hydrogen-bond acceptors (Lipinski definition) is 6. The topological polar surface area (TPSA) is 113 Å². The Labute approximate surface area is 159 Å². The molecular weight excluding hydrogens is 363 g/mol. The molecule has 0 radical (unpaired) electrons. The van der Waals surface area contributed by atoms with E-state index in [2.05, 4.69) is 20.4 Å². The SMILES string of the molecule is N[C@H]1COCC[C@H]1Nc1nc(-c2cnn3ccccc23)c2c(O)[nH]cc2c1F. The maximum atomic E-state index is 15.2. The van der Waals surface area contributed by atoms with Crippen molar-refractivity contribution in [3.05, 3.63) is 42.6 Å². The lowest BCUT2D eigenvalue weighted by Gasteiger charge is -2.30. The van der Waals surface area contributed by atoms with E-state index in [0.29, 0.717) is 36.3 Å². The van der Waals surface area contributed by atoms with Crippen molar-refractivity contribution in [3.63, 3.8) is 0 Å². The van der Waals surface area contributed by atoms with Crippen molar-refractivity contribution >= 4 is 22.1 Å². The van der Waals surface area contributed by atoms with Gasteiger partial charge in [-0.3, -0.25) is 0 Å². The molecule has 0 saturated carbocycles. The minimum Gasteiger partial charge on any atom is -0.494 e. The van der Waals surface area contributed by atoms with Crippen LogP contribution in [0.15, 0.2) is 36.8 Å². The first kappa shape index (κ1) is 17.0. The molecule has 0 aromatic carbocycles. The zero-order valence-corrected chi connectivity index (χ0v) is 14.9. The van der Waals surface area contributed by atoms with Gasteiger partial charge in [-0.25, -0.2) is 13.9 Å². The summed E-state index contributed by atoms with van der Waals surface area (Å²) in [6.45, 7) is 0.967. The van der Waals surface area contributed by atoms with Crippen LogP contribution in [0.2, 0.25) is 0 Å². The number of halogens is 1. The van der Waals surface area contributed by atoms with Crippen LogP contribution in [0.25, 0.3) is 27.5 Å². The molecule has 28 heavy (non-hydrogen) atoms. The number of H-pyrrole nitrogens is 1. The van der Waals surface area contributed by atoms with E-state index < -0.39 is 5.82 Å². The van der Waals surface area contributed by atoms with Crippen LogP contribution >= 0.6 is 0 Å². The second-order valence-electron chi connectivity index (χ2n) is 6.92. The Morgan fingerprint density at radius 1 is 1.39 bits per heavy atom. The van der Waals surface area contributed by atoms with Gasteiger partial charge in [-0.1, -0.05) is 6.07 Å². The van der Waals surface area contributed by atoms with Crippen LogP contribution in [-0.4, -0.2) is 50.0 Å². The maximum absolute atomic E-state index is 15.2. The van der Waals surface area contributed by atoms with Crippen molar-refractivity contribution in [2.45, 2.75) is 18.5 Å². The number of nitrogens with two attached hydrogens (primary N) is 1. The molecule has 144 valence electrons. The van der Waals surface area contributed by atoms with Crippen LogP contribution < -0.4 is 11.1 Å². The number of nitrogens with one attached hydrogen (secondary N) is 2. The van der Waals surface area contributed by atoms with E-state index in [0.717, 1.165) is 5.52 Å². The highest BCUT2D eigenvalue weighted by molar-refractivity contribution is 6.03. The van der Waals surface area contributed by atoms with E-state index in [1.54, 1.807) is 10.7 Å². The molecule has 0 unspecified atom stereocenters. The molecule has 5 rings (SSSR count). The summed E-state index contributed by atoms with van der Waals surface area (Å²) in [6.07, 6.45) is 5.57. The minimum atomic E-state index is -0.537. The summed E-state index contributed by atoms with van der Waals surface area (Å²) in [6, 6.07) is 5.23. The largest absolute Gasteiger partial charge is 0.494 e. The van der Waals surface area contributed by atoms with E-state index in [1.807, 2.05) is 24.4 Å². The summed E-state index contributed by atoms with van der Waals surface area (Å²) in [7, 11) is 0. The summed E-state index contributed by atoms with van der Waals surface area (Å²) in [5.74, 6) is -0.578. The summed E-state index contributed by atoms with van der Waals surface area (Å²) in [5, 5.41) is 18.3. The normalized spacial score (nSPS) is 20.1. The fraction of sp³-hybridized carbons (Fsp3) is 0.263. The minimum absolute atomic E-state index is 0.0964. The van der Waals surface area contributed by atoms with Gasteiger partial charge in [0.2, 0.25) is 0 Å². The van der Waals surface area contributed by atoms with Crippen molar-refractivity contribution in [1.29, 1.82) is 0 Å². The second kappa shape index (κ2) is 6.47. The van der Waals surface area contributed by atoms with E-state index in [-0.39, 0.29) is 29.2 Å². The number of nitrogens with zero attached hydrogens (tertiary/aromatic N) is 3. The molecule has 5 N–H and O–H groups in total. The van der Waals surface area contributed by atoms with E-state index in [9.17, 15) is 5.11 Å². The Morgan fingerprint density at radius 2 is 2.29 bits per heavy atom. The molecule has 2 atom stereocenters. The van der Waals surface area contributed by atoms with Crippen molar-refractivity contribution in [2.75, 3.05) is 18.5 Å². The quantitative estimate of drug-likeness (QED) is 0.432. The van der Waals surface area contributed by atoms with Gasteiger partial charge in [0, 0.05) is 42.0 Å². The summed E-state index contributed by atoms with van der Waals surface area (Å²) < 4.78 is 22.2. The van der Waals surface area contributed by atoms with E-state index in [1.165, 1.54) is 6.20 Å². The van der Waals surface area contributed by atoms with E-state index >= 15 is 4.39 Å². The molecule has 5 heterocycles. The predicted octanol–water partition coefficient (Wildman–Crippen LogP) is 2.25. The molecule has 4 aromatic heterocycles. The first-order valence-corrected chi connectivity index (χ1v) is 9.05. The molecule has 8 nitrogen and oxygen atoms in total. The number of anilines is 1. The molecule has 0 amide bonds. The smallest absolute Gasteiger partial charge is 0.198 e. The number of aromatic nitrogens is 4. The fourth-order valence-corrected chi connectivity index (χ4v) is 3.69. The van der Waals surface area contributed by atoms with Gasteiger partial charge >= 0.3 is 0 Å². The molecule has 0 spiro atoms. The van der Waals surface area contributed by atoms with Crippen LogP contribution in [0.4, 0.5) is 10.2 Å². The highest BCUT2D eigenvalue weighted by Crippen LogP contribution is 2.38. The first-order chi connectivity index (χ1) is 13.6. The number of ether oxygens (including phenoxy) is 1. The van der Waals surface area contributed by atoms with Gasteiger partial charge in [-0.15, -0.1) is 0 Å². The Hall–Kier alpha value is -3.17. The number of hydrogen-bond donors (Lipinski definition) is 4. The van der Waals surface area contributed by atoms with Crippen LogP contribution in [0, 0.1) is 5.82 Å². The van der Waals surface area contributed by atoms with Crippen molar-refractivity contribution < 1.29 is 14.2 Å². The molecule has 4 aromatic rings. The lowest BCUT2D eigenvalue weighted by atomic mass is 10.0. The molecule has 1 saturated heterocycles. The van der Waals surface area contributed by atoms with Crippen LogP contribution in [0.1, 0.15) is 6.42 Å². The standard InChI is InChI=1S/C19H19FN6O2/c20-16-11-7-22-19(27)15(11)17(10-8-23-26-5-2-1-3-14(10)26)25-18(16)24-13-4-6-28-9-12(13)21/h1-3,5,7-8,12-13,22,24,27H,4,6,9,21H2/t12-,13+/m0/s1. The third-order valence-corrected chi connectivity index (χ3v) is 5.17. The van der Waals surface area contributed by atoms with Crippen molar-refractivity contribution in [3.8, 4) is 17.1 Å². The molecule has 1 aliphatic rings. The van der Waals surface area contributed by atoms with Gasteiger partial charge in [-0.05, 0) is 18.6 Å². The van der Waals surface area contributed by atoms with E-state index in [4.69, 9.17) is 10.5 Å². The number of fused-ring (bicyclic) bond motifs is 2. The average Bonchev–Trinajstić information content (AvgIpc) is 3.30. The van der Waals surface area contributed by atoms with Crippen molar-refractivity contribution in [1.82, 2.24) is 19.6 Å². The highest BCUT2D eigenvalue weighted by atomic mass is 19.1. The maximum Gasteiger partial charge on any atom is 0.198 e. The van der Waals surface area contributed by atoms with Crippen LogP contribution in [0.5, 0.6) is 5.88 Å². The zero-order chi connectivity index (χ0) is 19.3. The lowest BCUT2D eigenvalue weighted by Crippen LogP contribution is -2.47. The third-order valence-electron chi connectivity index (χ3n) is 5.17. The fourth-order valence-electron chi connectivity index (χ4n) is 3.69. The van der Waals surface area contributed by atoms with Gasteiger partial charge in [0.25, 0.3) is 0 Å². The Kier molecular flexibility index (Phi) is 3.92. The van der Waals surface area contributed by atoms with Gasteiger partial charge in [0.15, 0.2) is 17.5 Å². The van der Waals surface area contributed by atoms with Gasteiger partial charge in [-0.2, -0.15) is 5.10 Å². The molecule has 0 bridgehead atoms. The van der Waals surface area contributed by atoms with Gasteiger partial charge in [0.05, 0.1) is 29.4 Å². The number of pyridine rings is 2. The average molecular weight is 382 g/mol. The first-order valence-electron chi connectivity index (χ1n) is 9.05. The molecular formula is C19H19FN6O2. The van der Waals surface area contributed by atoms with Crippen LogP contribution in [-0.2, 0) is 4.74 Å². The van der Waals surface area contributed by atoms with Gasteiger partial charge in [0.1, 0.15) is 0 Å². The Morgan fingerprint density at radius 3 is 3.14 bits per heavy atom. The molecule has 9 heteroatoms. The summed E-state index contributed by atoms with van der Waals surface area (Å²) in [5.41, 5.74) is 8.04. The molecule has 1 fully saturated rings. The third kappa shape index (κ3) is 2.59. The predicted molar refractivity (Wildman–Crippen MR) is 103 cm³/mol. The zero-order valence-electron chi connectivity index (χ0n) is 14.9. The number of aromatic amines is 1. The lowest BCUT2D eigenvalue weighted by molar-refractivity contribution is 0.0751.